The molecular formula is C7H13ClFN. The van der Waals surface area contributed by atoms with Crippen LogP contribution in [0.5, 0.6) is 0 Å². The predicted octanol–water partition coefficient (Wildman–Crippen LogP) is 1.52. The zero-order chi connectivity index (χ0) is 6.32. The van der Waals surface area contributed by atoms with Gasteiger partial charge in [0.25, 0.3) is 0 Å². The lowest BCUT2D eigenvalue weighted by Gasteiger charge is -2.54. The molecule has 1 saturated carbocycles. The molecule has 1 spiro atoms. The summed E-state index contributed by atoms with van der Waals surface area (Å²) in [7, 11) is 0. The topological polar surface area (TPSA) is 12.0 Å². The summed E-state index contributed by atoms with van der Waals surface area (Å²) in [6.07, 6.45) is 3.45. The van der Waals surface area contributed by atoms with Gasteiger partial charge in [-0.15, -0.1) is 12.4 Å². The molecular weight excluding hydrogens is 153 g/mol. The standard InChI is InChI=1S/C7H12FN.ClH/c8-5-6-3-7(4-6)1-2-9-7;/h6,9H,1-5H2;1H. The maximum Gasteiger partial charge on any atom is 0.0923 e. The number of hydrogen-bond donors (Lipinski definition) is 1. The molecule has 1 aliphatic carbocycles. The van der Waals surface area contributed by atoms with E-state index in [1.165, 1.54) is 6.42 Å². The molecule has 3 heteroatoms. The van der Waals surface area contributed by atoms with Gasteiger partial charge < -0.3 is 5.32 Å². The molecule has 0 aromatic rings. The van der Waals surface area contributed by atoms with Crippen LogP contribution < -0.4 is 5.32 Å². The van der Waals surface area contributed by atoms with Crippen LogP contribution >= 0.6 is 12.4 Å². The van der Waals surface area contributed by atoms with E-state index in [2.05, 4.69) is 5.32 Å². The lowest BCUT2D eigenvalue weighted by molar-refractivity contribution is 0.0268. The fourth-order valence-corrected chi connectivity index (χ4v) is 1.98. The van der Waals surface area contributed by atoms with Crippen molar-refractivity contribution in [3.63, 3.8) is 0 Å². The SMILES string of the molecule is Cl.FCC1CC2(CCN2)C1. The van der Waals surface area contributed by atoms with E-state index in [0.717, 1.165) is 19.4 Å². The van der Waals surface area contributed by atoms with Crippen LogP contribution in [-0.4, -0.2) is 18.8 Å². The smallest absolute Gasteiger partial charge is 0.0923 e. The lowest BCUT2D eigenvalue weighted by Crippen LogP contribution is -2.64. The zero-order valence-corrected chi connectivity index (χ0v) is 6.72. The van der Waals surface area contributed by atoms with Gasteiger partial charge >= 0.3 is 0 Å². The first-order chi connectivity index (χ1) is 4.35. The maximum absolute atomic E-state index is 11.9. The predicted molar refractivity (Wildman–Crippen MR) is 41.3 cm³/mol. The molecule has 0 unspecified atom stereocenters. The minimum atomic E-state index is -0.108. The Hall–Kier alpha value is 0.180. The van der Waals surface area contributed by atoms with Gasteiger partial charge in [-0.25, -0.2) is 0 Å². The van der Waals surface area contributed by atoms with Gasteiger partial charge in [0.05, 0.1) is 6.67 Å². The van der Waals surface area contributed by atoms with E-state index in [1.807, 2.05) is 0 Å². The van der Waals surface area contributed by atoms with Crippen LogP contribution in [0.1, 0.15) is 19.3 Å². The number of halogens is 2. The largest absolute Gasteiger partial charge is 0.311 e. The molecule has 10 heavy (non-hydrogen) atoms. The van der Waals surface area contributed by atoms with E-state index in [1.54, 1.807) is 0 Å². The van der Waals surface area contributed by atoms with Crippen LogP contribution in [0, 0.1) is 5.92 Å². The second-order valence-electron chi connectivity index (χ2n) is 3.39. The molecule has 0 aromatic carbocycles. The van der Waals surface area contributed by atoms with Crippen molar-refractivity contribution in [2.75, 3.05) is 13.2 Å². The van der Waals surface area contributed by atoms with E-state index in [0.29, 0.717) is 11.5 Å². The Bertz CT molecular complexity index is 117. The highest BCUT2D eigenvalue weighted by Gasteiger charge is 2.47. The number of hydrogen-bond acceptors (Lipinski definition) is 1. The molecule has 0 amide bonds. The van der Waals surface area contributed by atoms with Gasteiger partial charge in [0.15, 0.2) is 0 Å². The van der Waals surface area contributed by atoms with E-state index in [-0.39, 0.29) is 19.1 Å². The third-order valence-corrected chi connectivity index (χ3v) is 2.68. The Morgan fingerprint density at radius 1 is 1.50 bits per heavy atom. The van der Waals surface area contributed by atoms with Crippen molar-refractivity contribution in [2.45, 2.75) is 24.8 Å². The third kappa shape index (κ3) is 1.04. The Kier molecular flexibility index (Phi) is 2.21. The molecule has 2 aliphatic rings. The summed E-state index contributed by atoms with van der Waals surface area (Å²) in [5.41, 5.74) is 0.427. The average Bonchev–Trinajstić information content (AvgIpc) is 1.59. The normalized spacial score (nSPS) is 43.5. The Labute approximate surface area is 66.8 Å². The Morgan fingerprint density at radius 3 is 2.40 bits per heavy atom. The molecule has 60 valence electrons. The second-order valence-corrected chi connectivity index (χ2v) is 3.39. The zero-order valence-electron chi connectivity index (χ0n) is 5.90. The summed E-state index contributed by atoms with van der Waals surface area (Å²) >= 11 is 0. The summed E-state index contributed by atoms with van der Waals surface area (Å²) < 4.78 is 11.9. The molecule has 0 aromatic heterocycles. The van der Waals surface area contributed by atoms with Gasteiger partial charge in [-0.3, -0.25) is 4.39 Å². The highest BCUT2D eigenvalue weighted by Crippen LogP contribution is 2.44. The van der Waals surface area contributed by atoms with Crippen molar-refractivity contribution in [1.82, 2.24) is 5.32 Å². The van der Waals surface area contributed by atoms with Crippen LogP contribution in [0.4, 0.5) is 4.39 Å². The lowest BCUT2D eigenvalue weighted by atomic mass is 9.63. The first-order valence-electron chi connectivity index (χ1n) is 3.66. The number of nitrogens with one attached hydrogen (secondary N) is 1. The van der Waals surface area contributed by atoms with Crippen LogP contribution in [0.25, 0.3) is 0 Å². The van der Waals surface area contributed by atoms with Crippen molar-refractivity contribution < 1.29 is 4.39 Å². The van der Waals surface area contributed by atoms with E-state index >= 15 is 0 Å². The Balaban J connectivity index is 0.000000500. The summed E-state index contributed by atoms with van der Waals surface area (Å²) in [5.74, 6) is 0.387. The fourth-order valence-electron chi connectivity index (χ4n) is 1.98. The van der Waals surface area contributed by atoms with Crippen molar-refractivity contribution in [1.29, 1.82) is 0 Å². The summed E-state index contributed by atoms with van der Waals surface area (Å²) in [6, 6.07) is 0. The summed E-state index contributed by atoms with van der Waals surface area (Å²) in [4.78, 5) is 0. The molecule has 1 N–H and O–H groups in total. The molecule has 0 atom stereocenters. The van der Waals surface area contributed by atoms with Gasteiger partial charge in [0, 0.05) is 5.54 Å². The van der Waals surface area contributed by atoms with Gasteiger partial charge in [-0.05, 0) is 31.7 Å². The molecule has 0 bridgehead atoms. The van der Waals surface area contributed by atoms with Crippen LogP contribution in [0.3, 0.4) is 0 Å². The van der Waals surface area contributed by atoms with Crippen LogP contribution in [-0.2, 0) is 0 Å². The molecule has 2 rings (SSSR count). The fraction of sp³-hybridized carbons (Fsp3) is 1.00. The molecule has 1 heterocycles. The molecule has 1 nitrogen and oxygen atoms in total. The first kappa shape index (κ1) is 8.28. The number of alkyl halides is 1. The third-order valence-electron chi connectivity index (χ3n) is 2.68. The minimum absolute atomic E-state index is 0. The van der Waals surface area contributed by atoms with Gasteiger partial charge in [0.2, 0.25) is 0 Å². The average molecular weight is 166 g/mol. The van der Waals surface area contributed by atoms with Gasteiger partial charge in [-0.1, -0.05) is 0 Å². The molecule has 2 fully saturated rings. The van der Waals surface area contributed by atoms with Crippen molar-refractivity contribution in [3.8, 4) is 0 Å². The number of rotatable bonds is 1. The highest BCUT2D eigenvalue weighted by molar-refractivity contribution is 5.85. The minimum Gasteiger partial charge on any atom is -0.311 e. The van der Waals surface area contributed by atoms with Crippen LogP contribution in [0.2, 0.25) is 0 Å². The van der Waals surface area contributed by atoms with Gasteiger partial charge in [0.1, 0.15) is 0 Å². The van der Waals surface area contributed by atoms with Crippen molar-refractivity contribution >= 4 is 12.4 Å². The second kappa shape index (κ2) is 2.67. The Morgan fingerprint density at radius 2 is 2.10 bits per heavy atom. The van der Waals surface area contributed by atoms with Crippen LogP contribution in [0.15, 0.2) is 0 Å². The quantitative estimate of drug-likeness (QED) is 0.622. The highest BCUT2D eigenvalue weighted by atomic mass is 35.5. The monoisotopic (exact) mass is 165 g/mol. The molecule has 0 radical (unpaired) electrons. The molecule has 1 saturated heterocycles. The van der Waals surface area contributed by atoms with E-state index in [9.17, 15) is 4.39 Å². The summed E-state index contributed by atoms with van der Waals surface area (Å²) in [5, 5.41) is 3.36. The van der Waals surface area contributed by atoms with Crippen molar-refractivity contribution in [3.05, 3.63) is 0 Å². The van der Waals surface area contributed by atoms with Crippen molar-refractivity contribution in [2.24, 2.45) is 5.92 Å². The molecule has 1 aliphatic heterocycles. The summed E-state index contributed by atoms with van der Waals surface area (Å²) in [6.45, 7) is 1.04. The van der Waals surface area contributed by atoms with E-state index in [4.69, 9.17) is 0 Å². The first-order valence-corrected chi connectivity index (χ1v) is 3.66. The van der Waals surface area contributed by atoms with E-state index < -0.39 is 0 Å². The maximum atomic E-state index is 11.9. The van der Waals surface area contributed by atoms with Gasteiger partial charge in [-0.2, -0.15) is 0 Å².